The summed E-state index contributed by atoms with van der Waals surface area (Å²) in [5.41, 5.74) is 2.11. The lowest BCUT2D eigenvalue weighted by Gasteiger charge is -2.35. The van der Waals surface area contributed by atoms with Crippen LogP contribution in [0.15, 0.2) is 41.4 Å². The molecule has 3 heterocycles. The molecule has 2 aromatic heterocycles. The molecule has 3 aromatic rings. The van der Waals surface area contributed by atoms with Gasteiger partial charge in [0.25, 0.3) is 6.01 Å². The summed E-state index contributed by atoms with van der Waals surface area (Å²) in [6.07, 6.45) is 8.69. The summed E-state index contributed by atoms with van der Waals surface area (Å²) in [5, 5.41) is 0.993. The van der Waals surface area contributed by atoms with Gasteiger partial charge in [-0.1, -0.05) is 0 Å². The van der Waals surface area contributed by atoms with Gasteiger partial charge < -0.3 is 19.0 Å². The number of oxazole rings is 1. The Morgan fingerprint density at radius 2 is 1.85 bits per heavy atom. The highest BCUT2D eigenvalue weighted by atomic mass is 16.5. The summed E-state index contributed by atoms with van der Waals surface area (Å²) in [4.78, 5) is 17.6. The van der Waals surface area contributed by atoms with Crippen molar-refractivity contribution in [2.24, 2.45) is 0 Å². The molecule has 1 saturated heterocycles. The van der Waals surface area contributed by atoms with Crippen molar-refractivity contribution in [1.82, 2.24) is 15.0 Å². The number of anilines is 2. The molecule has 2 aliphatic rings. The van der Waals surface area contributed by atoms with Gasteiger partial charge in [-0.25, -0.2) is 15.0 Å². The fourth-order valence-electron chi connectivity index (χ4n) is 3.49. The minimum absolute atomic E-state index is 0.307. The third-order valence-corrected chi connectivity index (χ3v) is 5.25. The first-order valence-electron chi connectivity index (χ1n) is 9.18. The van der Waals surface area contributed by atoms with E-state index in [0.717, 1.165) is 49.9 Å². The Bertz CT molecular complexity index is 886. The van der Waals surface area contributed by atoms with Crippen LogP contribution in [-0.2, 0) is 0 Å². The number of nitrogens with zero attached hydrogens (tertiary/aromatic N) is 5. The van der Waals surface area contributed by atoms with Crippen molar-refractivity contribution in [3.63, 3.8) is 0 Å². The quantitative estimate of drug-likeness (QED) is 0.716. The lowest BCUT2D eigenvalue weighted by atomic mass is 9.96. The molecule has 5 rings (SSSR count). The van der Waals surface area contributed by atoms with Crippen molar-refractivity contribution in [2.75, 3.05) is 36.0 Å². The number of hydrogen-bond acceptors (Lipinski definition) is 7. The largest absolute Gasteiger partial charge is 0.474 e. The third-order valence-electron chi connectivity index (χ3n) is 5.25. The number of fused-ring (bicyclic) bond motifs is 1. The maximum Gasteiger partial charge on any atom is 0.297 e. The molecular formula is C19H21N5O2. The van der Waals surface area contributed by atoms with E-state index in [0.29, 0.717) is 18.0 Å². The van der Waals surface area contributed by atoms with E-state index in [1.165, 1.54) is 12.1 Å². The zero-order chi connectivity index (χ0) is 17.3. The molecule has 1 aromatic carbocycles. The van der Waals surface area contributed by atoms with Crippen LogP contribution in [0.5, 0.6) is 5.88 Å². The molecule has 7 heteroatoms. The molecule has 134 valence electrons. The van der Waals surface area contributed by atoms with E-state index in [4.69, 9.17) is 9.15 Å². The van der Waals surface area contributed by atoms with Gasteiger partial charge in [0, 0.05) is 31.9 Å². The Labute approximate surface area is 151 Å². The second-order valence-electron chi connectivity index (χ2n) is 6.84. The van der Waals surface area contributed by atoms with Crippen molar-refractivity contribution in [2.45, 2.75) is 25.4 Å². The molecule has 0 atom stereocenters. The Morgan fingerprint density at radius 1 is 1.00 bits per heavy atom. The van der Waals surface area contributed by atoms with E-state index in [-0.39, 0.29) is 0 Å². The minimum atomic E-state index is 0.307. The maximum absolute atomic E-state index is 6.07. The van der Waals surface area contributed by atoms with Gasteiger partial charge in [-0.3, -0.25) is 0 Å². The summed E-state index contributed by atoms with van der Waals surface area (Å²) in [6.45, 7) is 3.60. The molecule has 0 bridgehead atoms. The zero-order valence-electron chi connectivity index (χ0n) is 14.5. The van der Waals surface area contributed by atoms with E-state index in [9.17, 15) is 0 Å². The number of ether oxygens (including phenoxy) is 1. The molecule has 1 saturated carbocycles. The van der Waals surface area contributed by atoms with Gasteiger partial charge in [-0.05, 0) is 37.5 Å². The van der Waals surface area contributed by atoms with Crippen molar-refractivity contribution in [1.29, 1.82) is 0 Å². The predicted molar refractivity (Wildman–Crippen MR) is 98.7 cm³/mol. The number of aromatic nitrogens is 3. The van der Waals surface area contributed by atoms with Crippen LogP contribution < -0.4 is 14.5 Å². The summed E-state index contributed by atoms with van der Waals surface area (Å²) in [6, 6.07) is 7.04. The molecule has 0 amide bonds. The molecule has 26 heavy (non-hydrogen) atoms. The van der Waals surface area contributed by atoms with Crippen LogP contribution in [0.2, 0.25) is 0 Å². The summed E-state index contributed by atoms with van der Waals surface area (Å²) in [7, 11) is 0. The number of piperazine rings is 1. The van der Waals surface area contributed by atoms with Crippen LogP contribution in [0.1, 0.15) is 19.3 Å². The molecule has 0 N–H and O–H groups in total. The molecular weight excluding hydrogens is 330 g/mol. The Hall–Kier alpha value is -2.83. The molecule has 2 fully saturated rings. The Balaban J connectivity index is 1.36. The molecule has 0 spiro atoms. The van der Waals surface area contributed by atoms with Gasteiger partial charge in [0.05, 0.1) is 17.1 Å². The normalized spacial score (nSPS) is 18.2. The summed E-state index contributed by atoms with van der Waals surface area (Å²) < 4.78 is 11.5. The lowest BCUT2D eigenvalue weighted by molar-refractivity contribution is 0.116. The van der Waals surface area contributed by atoms with Crippen LogP contribution in [0.25, 0.3) is 10.9 Å². The van der Waals surface area contributed by atoms with Crippen molar-refractivity contribution in [3.05, 3.63) is 37.0 Å². The summed E-state index contributed by atoms with van der Waals surface area (Å²) in [5.74, 6) is 0.708. The average molecular weight is 351 g/mol. The van der Waals surface area contributed by atoms with Gasteiger partial charge in [0.1, 0.15) is 18.7 Å². The first kappa shape index (κ1) is 15.4. The minimum Gasteiger partial charge on any atom is -0.474 e. The molecule has 1 aliphatic heterocycles. The number of benzene rings is 1. The van der Waals surface area contributed by atoms with Gasteiger partial charge in [-0.15, -0.1) is 0 Å². The van der Waals surface area contributed by atoms with Gasteiger partial charge in [-0.2, -0.15) is 0 Å². The SMILES string of the molecule is c1coc(N2CCN(c3ccc4ncnc(OC5CCC5)c4c3)CC2)n1. The fourth-order valence-corrected chi connectivity index (χ4v) is 3.49. The van der Waals surface area contributed by atoms with Crippen LogP contribution in [0.3, 0.4) is 0 Å². The van der Waals surface area contributed by atoms with Gasteiger partial charge in [0.15, 0.2) is 0 Å². The molecule has 0 radical (unpaired) electrons. The highest BCUT2D eigenvalue weighted by Gasteiger charge is 2.23. The van der Waals surface area contributed by atoms with Crippen molar-refractivity contribution < 1.29 is 9.15 Å². The second-order valence-corrected chi connectivity index (χ2v) is 6.84. The second kappa shape index (κ2) is 6.48. The van der Waals surface area contributed by atoms with E-state index >= 15 is 0 Å². The zero-order valence-corrected chi connectivity index (χ0v) is 14.5. The van der Waals surface area contributed by atoms with Crippen LogP contribution >= 0.6 is 0 Å². The molecule has 1 aliphatic carbocycles. The van der Waals surface area contributed by atoms with Gasteiger partial charge in [0.2, 0.25) is 5.88 Å². The predicted octanol–water partition coefficient (Wildman–Crippen LogP) is 2.88. The smallest absolute Gasteiger partial charge is 0.297 e. The topological polar surface area (TPSA) is 67.5 Å². The molecule has 7 nitrogen and oxygen atoms in total. The fraction of sp³-hybridized carbons (Fsp3) is 0.421. The van der Waals surface area contributed by atoms with Crippen LogP contribution in [-0.4, -0.2) is 47.2 Å². The van der Waals surface area contributed by atoms with E-state index < -0.39 is 0 Å². The van der Waals surface area contributed by atoms with E-state index in [1.54, 1.807) is 18.8 Å². The number of hydrogen-bond donors (Lipinski definition) is 0. The first-order chi connectivity index (χ1) is 12.9. The maximum atomic E-state index is 6.07. The van der Waals surface area contributed by atoms with Crippen molar-refractivity contribution >= 4 is 22.6 Å². The highest BCUT2D eigenvalue weighted by molar-refractivity contribution is 5.86. The average Bonchev–Trinajstić information content (AvgIpc) is 3.19. The van der Waals surface area contributed by atoms with Crippen LogP contribution in [0, 0.1) is 0 Å². The standard InChI is InChI=1S/C19H21N5O2/c1-2-15(3-1)26-18-16-12-14(4-5-17(16)21-13-22-18)23-7-9-24(10-8-23)19-20-6-11-25-19/h4-6,11-13,15H,1-3,7-10H2. The highest BCUT2D eigenvalue weighted by Crippen LogP contribution is 2.31. The van der Waals surface area contributed by atoms with Crippen molar-refractivity contribution in [3.8, 4) is 5.88 Å². The first-order valence-corrected chi connectivity index (χ1v) is 9.18. The van der Waals surface area contributed by atoms with Gasteiger partial charge >= 0.3 is 0 Å². The lowest BCUT2D eigenvalue weighted by Crippen LogP contribution is -2.46. The Kier molecular flexibility index (Phi) is 3.84. The molecule has 0 unspecified atom stereocenters. The van der Waals surface area contributed by atoms with E-state index in [1.807, 2.05) is 0 Å². The monoisotopic (exact) mass is 351 g/mol. The Morgan fingerprint density at radius 3 is 2.58 bits per heavy atom. The van der Waals surface area contributed by atoms with E-state index in [2.05, 4.69) is 43.0 Å². The third kappa shape index (κ3) is 2.83. The number of rotatable bonds is 4. The summed E-state index contributed by atoms with van der Waals surface area (Å²) >= 11 is 0. The van der Waals surface area contributed by atoms with Crippen LogP contribution in [0.4, 0.5) is 11.7 Å².